The number of aromatic nitrogens is 2. The molecule has 1 aromatic heterocycles. The average molecular weight is 406 g/mol. The highest BCUT2D eigenvalue weighted by atomic mass is 35.5. The number of halogens is 5. The Morgan fingerprint density at radius 2 is 1.71 bits per heavy atom. The van der Waals surface area contributed by atoms with Crippen molar-refractivity contribution in [3.8, 4) is 11.1 Å². The smallest absolute Gasteiger partial charge is 0.338 e. The molecule has 0 atom stereocenters. The van der Waals surface area contributed by atoms with Gasteiger partial charge in [-0.05, 0) is 29.8 Å². The first-order valence-electron chi connectivity index (χ1n) is 8.20. The minimum absolute atomic E-state index is 0.0621. The summed E-state index contributed by atoms with van der Waals surface area (Å²) in [6.07, 6.45) is -4.47. The lowest BCUT2D eigenvalue weighted by Gasteiger charge is -2.10. The highest BCUT2D eigenvalue weighted by molar-refractivity contribution is 6.34. The van der Waals surface area contributed by atoms with E-state index in [1.165, 1.54) is 12.1 Å². The third-order valence-corrected chi connectivity index (χ3v) is 4.65. The summed E-state index contributed by atoms with van der Waals surface area (Å²) in [6.45, 7) is 0. The largest absolute Gasteiger partial charge is 0.416 e. The van der Waals surface area contributed by atoms with Gasteiger partial charge in [0.1, 0.15) is 5.52 Å². The molecule has 0 spiro atoms. The van der Waals surface area contributed by atoms with Gasteiger partial charge in [-0.2, -0.15) is 18.3 Å². The lowest BCUT2D eigenvalue weighted by atomic mass is 10.0. The molecule has 0 aliphatic heterocycles. The first kappa shape index (κ1) is 18.3. The van der Waals surface area contributed by atoms with E-state index in [9.17, 15) is 17.6 Å². The summed E-state index contributed by atoms with van der Waals surface area (Å²) >= 11 is 6.18. The van der Waals surface area contributed by atoms with E-state index in [1.807, 2.05) is 6.07 Å². The first-order valence-corrected chi connectivity index (χ1v) is 8.58. The molecule has 4 rings (SSSR count). The Kier molecular flexibility index (Phi) is 4.47. The van der Waals surface area contributed by atoms with Crippen LogP contribution >= 0.6 is 11.6 Å². The van der Waals surface area contributed by atoms with E-state index in [4.69, 9.17) is 11.6 Å². The molecule has 0 unspecified atom stereocenters. The molecule has 4 aromatic rings. The van der Waals surface area contributed by atoms with E-state index in [0.29, 0.717) is 16.5 Å². The zero-order valence-electron chi connectivity index (χ0n) is 14.1. The second-order valence-corrected chi connectivity index (χ2v) is 6.49. The lowest BCUT2D eigenvalue weighted by Crippen LogP contribution is -2.05. The maximum absolute atomic E-state index is 14.7. The van der Waals surface area contributed by atoms with Gasteiger partial charge in [0.2, 0.25) is 0 Å². The molecule has 3 aromatic carbocycles. The Bertz CT molecular complexity index is 1150. The number of hydrogen-bond acceptors (Lipinski definition) is 2. The third kappa shape index (κ3) is 3.29. The van der Waals surface area contributed by atoms with Gasteiger partial charge in [-0.1, -0.05) is 48.0 Å². The maximum Gasteiger partial charge on any atom is 0.416 e. The van der Waals surface area contributed by atoms with Crippen LogP contribution in [0.5, 0.6) is 0 Å². The van der Waals surface area contributed by atoms with E-state index >= 15 is 0 Å². The van der Waals surface area contributed by atoms with Crippen LogP contribution in [0.4, 0.5) is 29.1 Å². The summed E-state index contributed by atoms with van der Waals surface area (Å²) in [6, 6.07) is 15.3. The zero-order chi connectivity index (χ0) is 19.9. The Labute approximate surface area is 162 Å². The molecule has 8 heteroatoms. The summed E-state index contributed by atoms with van der Waals surface area (Å²) in [5.41, 5.74) is 0.621. The average Bonchev–Trinajstić information content (AvgIpc) is 3.07. The van der Waals surface area contributed by atoms with Crippen LogP contribution in [0.1, 0.15) is 5.56 Å². The van der Waals surface area contributed by atoms with E-state index in [0.717, 1.165) is 12.1 Å². The van der Waals surface area contributed by atoms with Crippen LogP contribution < -0.4 is 5.32 Å². The summed E-state index contributed by atoms with van der Waals surface area (Å²) in [4.78, 5) is 0. The molecule has 3 nitrogen and oxygen atoms in total. The molecule has 2 N–H and O–H groups in total. The van der Waals surface area contributed by atoms with E-state index < -0.39 is 17.6 Å². The van der Waals surface area contributed by atoms with Gasteiger partial charge in [0.05, 0.1) is 10.6 Å². The number of fused-ring (bicyclic) bond motifs is 1. The first-order chi connectivity index (χ1) is 13.3. The van der Waals surface area contributed by atoms with Gasteiger partial charge >= 0.3 is 6.18 Å². The highest BCUT2D eigenvalue weighted by Gasteiger charge is 2.30. The van der Waals surface area contributed by atoms with Gasteiger partial charge in [-0.3, -0.25) is 5.10 Å². The third-order valence-electron chi connectivity index (χ3n) is 4.28. The van der Waals surface area contributed by atoms with Gasteiger partial charge < -0.3 is 5.32 Å². The second kappa shape index (κ2) is 6.83. The van der Waals surface area contributed by atoms with Crippen LogP contribution in [0, 0.1) is 5.82 Å². The number of H-pyrrole nitrogens is 1. The van der Waals surface area contributed by atoms with Crippen molar-refractivity contribution in [1.82, 2.24) is 10.2 Å². The molecule has 0 aliphatic rings. The summed E-state index contributed by atoms with van der Waals surface area (Å²) in [5.74, 6) is -0.482. The molecular weight excluding hydrogens is 394 g/mol. The number of rotatable bonds is 3. The number of benzene rings is 3. The van der Waals surface area contributed by atoms with Crippen molar-refractivity contribution in [2.75, 3.05) is 5.32 Å². The number of nitrogens with one attached hydrogen (secondary N) is 2. The fraction of sp³-hybridized carbons (Fsp3) is 0.0500. The molecule has 0 radical (unpaired) electrons. The van der Waals surface area contributed by atoms with Gasteiger partial charge in [-0.15, -0.1) is 0 Å². The van der Waals surface area contributed by atoms with Crippen LogP contribution in [0.2, 0.25) is 5.02 Å². The number of anilines is 2. The predicted molar refractivity (Wildman–Crippen MR) is 101 cm³/mol. The number of aromatic amines is 1. The van der Waals surface area contributed by atoms with Crippen molar-refractivity contribution in [1.29, 1.82) is 0 Å². The molecule has 28 heavy (non-hydrogen) atoms. The standard InChI is InChI=1S/C20H12ClF4N3/c21-16-14(11-5-2-1-3-6-11)10-15-18(17(16)22)27-28-19(15)26-13-8-4-7-12(9-13)20(23,24)25/h1-10H,(H2,26,27,28). The van der Waals surface area contributed by atoms with Crippen molar-refractivity contribution in [3.05, 3.63) is 77.1 Å². The van der Waals surface area contributed by atoms with Crippen molar-refractivity contribution in [3.63, 3.8) is 0 Å². The Balaban J connectivity index is 1.80. The van der Waals surface area contributed by atoms with Gasteiger partial charge in [0, 0.05) is 16.6 Å². The van der Waals surface area contributed by atoms with Crippen molar-refractivity contribution >= 4 is 34.0 Å². The number of hydrogen-bond donors (Lipinski definition) is 2. The molecule has 0 bridgehead atoms. The van der Waals surface area contributed by atoms with Crippen molar-refractivity contribution in [2.24, 2.45) is 0 Å². The summed E-state index contributed by atoms with van der Waals surface area (Å²) in [7, 11) is 0. The summed E-state index contributed by atoms with van der Waals surface area (Å²) < 4.78 is 53.5. The van der Waals surface area contributed by atoms with E-state index in [1.54, 1.807) is 30.3 Å². The quantitative estimate of drug-likeness (QED) is 0.369. The molecule has 142 valence electrons. The molecule has 0 fully saturated rings. The van der Waals surface area contributed by atoms with Crippen LogP contribution in [0.3, 0.4) is 0 Å². The van der Waals surface area contributed by atoms with Crippen LogP contribution in [0.25, 0.3) is 22.0 Å². The van der Waals surface area contributed by atoms with Crippen LogP contribution in [-0.2, 0) is 6.18 Å². The molecule has 1 heterocycles. The predicted octanol–water partition coefficient (Wildman–Crippen LogP) is 6.78. The second-order valence-electron chi connectivity index (χ2n) is 6.12. The van der Waals surface area contributed by atoms with E-state index in [2.05, 4.69) is 15.5 Å². The molecule has 0 aliphatic carbocycles. The minimum atomic E-state index is -4.47. The van der Waals surface area contributed by atoms with Crippen LogP contribution in [0.15, 0.2) is 60.7 Å². The Morgan fingerprint density at radius 3 is 2.43 bits per heavy atom. The summed E-state index contributed by atoms with van der Waals surface area (Å²) in [5, 5.41) is 9.67. The lowest BCUT2D eigenvalue weighted by molar-refractivity contribution is -0.137. The van der Waals surface area contributed by atoms with E-state index in [-0.39, 0.29) is 22.0 Å². The van der Waals surface area contributed by atoms with Gasteiger partial charge in [0.15, 0.2) is 11.6 Å². The molecular formula is C20H12ClF4N3. The Morgan fingerprint density at radius 1 is 0.964 bits per heavy atom. The Hall–Kier alpha value is -3.06. The van der Waals surface area contributed by atoms with Crippen LogP contribution in [-0.4, -0.2) is 10.2 Å². The normalized spacial score (nSPS) is 11.8. The molecule has 0 saturated carbocycles. The zero-order valence-corrected chi connectivity index (χ0v) is 14.9. The topological polar surface area (TPSA) is 40.7 Å². The van der Waals surface area contributed by atoms with Crippen molar-refractivity contribution < 1.29 is 17.6 Å². The highest BCUT2D eigenvalue weighted by Crippen LogP contribution is 2.38. The fourth-order valence-electron chi connectivity index (χ4n) is 2.93. The minimum Gasteiger partial charge on any atom is -0.338 e. The number of nitrogens with zero attached hydrogens (tertiary/aromatic N) is 1. The van der Waals surface area contributed by atoms with Crippen molar-refractivity contribution in [2.45, 2.75) is 6.18 Å². The van der Waals surface area contributed by atoms with Gasteiger partial charge in [-0.25, -0.2) is 4.39 Å². The monoisotopic (exact) mass is 405 g/mol. The molecule has 0 saturated heterocycles. The molecule has 0 amide bonds. The maximum atomic E-state index is 14.7. The number of alkyl halides is 3. The fourth-order valence-corrected chi connectivity index (χ4v) is 3.19. The SMILES string of the molecule is Fc1c(Cl)c(-c2ccccc2)cc2c(Nc3cccc(C(F)(F)F)c3)n[nH]c12. The van der Waals surface area contributed by atoms with Gasteiger partial charge in [0.25, 0.3) is 0 Å².